The largest absolute Gasteiger partial charge is 0.481 e. The first-order valence-electron chi connectivity index (χ1n) is 19.1. The van der Waals surface area contributed by atoms with E-state index in [1.165, 1.54) is 22.2 Å². The monoisotopic (exact) mass is 846 g/mol. The van der Waals surface area contributed by atoms with Crippen LogP contribution < -0.4 is 14.7 Å². The van der Waals surface area contributed by atoms with Crippen LogP contribution in [0.3, 0.4) is 0 Å². The Hall–Kier alpha value is -4.85. The number of anilines is 3. The molecule has 6 rings (SSSR count). The standard InChI is InChI=1S/C39H43F9N6O5/c1-2-29-20-33(31-19-26(37(40,41)42)3-4-32(31)54(29)36(57)59-14-9-51-7-5-24(6-8-51)17-34(55)56)53(35-49-21-30(22-50-35)52-10-12-58-13-11-52)23-25-15-27(38(43,44)45)18-28(16-25)39(46,47)48/h3-4,15-16,18-19,21-22,24,29,33H,2,5-14,17,20,23H2,1H3,(H,55,56)/t29-,33?/m1/s1. The molecule has 1 unspecified atom stereocenters. The van der Waals surface area contributed by atoms with Crippen LogP contribution in [0.2, 0.25) is 0 Å². The highest BCUT2D eigenvalue weighted by atomic mass is 19.4. The van der Waals surface area contributed by atoms with Crippen LogP contribution in [0.4, 0.5) is 61.6 Å². The molecule has 0 radical (unpaired) electrons. The van der Waals surface area contributed by atoms with Crippen molar-refractivity contribution in [1.29, 1.82) is 0 Å². The zero-order chi connectivity index (χ0) is 42.7. The van der Waals surface area contributed by atoms with Crippen molar-refractivity contribution in [1.82, 2.24) is 14.9 Å². The maximum absolute atomic E-state index is 14.3. The Kier molecular flexibility index (Phi) is 13.2. The maximum Gasteiger partial charge on any atom is 0.416 e. The minimum Gasteiger partial charge on any atom is -0.481 e. The Balaban J connectivity index is 1.37. The lowest BCUT2D eigenvalue weighted by Crippen LogP contribution is -2.48. The van der Waals surface area contributed by atoms with E-state index in [0.29, 0.717) is 76.6 Å². The van der Waals surface area contributed by atoms with E-state index in [2.05, 4.69) is 9.97 Å². The van der Waals surface area contributed by atoms with Gasteiger partial charge in [-0.3, -0.25) is 14.6 Å². The number of benzene rings is 2. The molecule has 0 bridgehead atoms. The zero-order valence-electron chi connectivity index (χ0n) is 31.9. The van der Waals surface area contributed by atoms with Gasteiger partial charge in [-0.15, -0.1) is 0 Å². The number of fused-ring (bicyclic) bond motifs is 1. The second-order valence-corrected chi connectivity index (χ2v) is 14.8. The number of carboxylic acids is 1. The predicted molar refractivity (Wildman–Crippen MR) is 196 cm³/mol. The van der Waals surface area contributed by atoms with Gasteiger partial charge in [-0.2, -0.15) is 39.5 Å². The number of morpholine rings is 1. The fourth-order valence-electron chi connectivity index (χ4n) is 7.86. The molecule has 2 saturated heterocycles. The third-order valence-electron chi connectivity index (χ3n) is 10.9. The second-order valence-electron chi connectivity index (χ2n) is 14.8. The molecule has 2 atom stereocenters. The van der Waals surface area contributed by atoms with Crippen LogP contribution in [0.25, 0.3) is 0 Å². The molecule has 0 aliphatic carbocycles. The predicted octanol–water partition coefficient (Wildman–Crippen LogP) is 8.43. The number of carbonyl (C=O) groups is 2. The van der Waals surface area contributed by atoms with Crippen molar-refractivity contribution >= 4 is 29.4 Å². The second kappa shape index (κ2) is 17.8. The van der Waals surface area contributed by atoms with Gasteiger partial charge in [0.05, 0.1) is 59.7 Å². The molecule has 1 aromatic heterocycles. The van der Waals surface area contributed by atoms with Crippen molar-refractivity contribution < 1.29 is 63.7 Å². The molecule has 0 spiro atoms. The lowest BCUT2D eigenvalue weighted by atomic mass is 9.87. The number of nitrogens with zero attached hydrogens (tertiary/aromatic N) is 6. The molecule has 20 heteroatoms. The topological polar surface area (TPSA) is 112 Å². The van der Waals surface area contributed by atoms with E-state index in [1.807, 2.05) is 9.80 Å². The summed E-state index contributed by atoms with van der Waals surface area (Å²) in [6.07, 6.45) is -11.8. The van der Waals surface area contributed by atoms with E-state index >= 15 is 0 Å². The number of piperidine rings is 1. The summed E-state index contributed by atoms with van der Waals surface area (Å²) in [6.45, 7) is 4.25. The van der Waals surface area contributed by atoms with Crippen LogP contribution >= 0.6 is 0 Å². The van der Waals surface area contributed by atoms with E-state index < -0.39 is 71.5 Å². The number of alkyl halides is 9. The highest BCUT2D eigenvalue weighted by molar-refractivity contribution is 5.90. The maximum atomic E-state index is 14.3. The molecule has 3 aliphatic rings. The van der Waals surface area contributed by atoms with Crippen molar-refractivity contribution in [3.8, 4) is 0 Å². The summed E-state index contributed by atoms with van der Waals surface area (Å²) in [5.74, 6) is -1.03. The van der Waals surface area contributed by atoms with E-state index in [0.717, 1.165) is 18.2 Å². The number of carboxylic acid groups (broad SMARTS) is 1. The first-order chi connectivity index (χ1) is 27.8. The Morgan fingerprint density at radius 3 is 2.03 bits per heavy atom. The molecular formula is C39H43F9N6O5. The highest BCUT2D eigenvalue weighted by Crippen LogP contribution is 2.46. The number of rotatable bonds is 11. The summed E-state index contributed by atoms with van der Waals surface area (Å²) in [5.41, 5.74) is -4.23. The summed E-state index contributed by atoms with van der Waals surface area (Å²) in [5, 5.41) is 9.10. The lowest BCUT2D eigenvalue weighted by molar-refractivity contribution is -0.143. The molecule has 11 nitrogen and oxygen atoms in total. The Bertz CT molecular complexity index is 1900. The lowest BCUT2D eigenvalue weighted by Gasteiger charge is -2.44. The number of ether oxygens (including phenoxy) is 2. The smallest absolute Gasteiger partial charge is 0.416 e. The number of amides is 1. The van der Waals surface area contributed by atoms with Crippen LogP contribution in [-0.4, -0.2) is 90.6 Å². The average Bonchev–Trinajstić information content (AvgIpc) is 3.19. The van der Waals surface area contributed by atoms with Crippen molar-refractivity contribution in [3.05, 3.63) is 76.6 Å². The van der Waals surface area contributed by atoms with Crippen molar-refractivity contribution in [2.45, 2.75) is 76.2 Å². The molecule has 1 amide bonds. The summed E-state index contributed by atoms with van der Waals surface area (Å²) in [4.78, 5) is 40.3. The summed E-state index contributed by atoms with van der Waals surface area (Å²) >= 11 is 0. The van der Waals surface area contributed by atoms with Crippen molar-refractivity contribution in [2.75, 3.05) is 67.2 Å². The Morgan fingerprint density at radius 2 is 1.47 bits per heavy atom. The fourth-order valence-corrected chi connectivity index (χ4v) is 7.86. The molecule has 0 saturated carbocycles. The number of hydrogen-bond acceptors (Lipinski definition) is 9. The Morgan fingerprint density at radius 1 is 0.864 bits per heavy atom. The molecule has 2 aromatic carbocycles. The van der Waals surface area contributed by atoms with E-state index in [1.54, 1.807) is 6.92 Å². The molecule has 4 heterocycles. The van der Waals surface area contributed by atoms with E-state index in [4.69, 9.17) is 14.6 Å². The molecule has 2 fully saturated rings. The minimum atomic E-state index is -5.17. The van der Waals surface area contributed by atoms with Gasteiger partial charge >= 0.3 is 30.6 Å². The molecule has 322 valence electrons. The summed E-state index contributed by atoms with van der Waals surface area (Å²) in [7, 11) is 0. The van der Waals surface area contributed by atoms with Gasteiger partial charge in [0.15, 0.2) is 0 Å². The SMILES string of the molecule is CC[C@@H]1CC(N(Cc2cc(C(F)(F)F)cc(C(F)(F)F)c2)c2ncc(N3CCOCC3)cn2)c2cc(C(F)(F)F)ccc2N1C(=O)OCCN1CCC(CC(=O)O)CC1. The molecule has 3 aromatic rings. The number of aliphatic carboxylic acids is 1. The number of aromatic nitrogens is 2. The normalized spacial score (nSPS) is 19.7. The zero-order valence-corrected chi connectivity index (χ0v) is 31.9. The van der Waals surface area contributed by atoms with Gasteiger partial charge in [-0.1, -0.05) is 6.92 Å². The molecule has 59 heavy (non-hydrogen) atoms. The van der Waals surface area contributed by atoms with Crippen LogP contribution in [0.5, 0.6) is 0 Å². The van der Waals surface area contributed by atoms with Crippen LogP contribution in [-0.2, 0) is 39.3 Å². The van der Waals surface area contributed by atoms with Crippen LogP contribution in [0.1, 0.15) is 72.9 Å². The third-order valence-corrected chi connectivity index (χ3v) is 10.9. The third kappa shape index (κ3) is 10.7. The number of carbonyl (C=O) groups excluding carboxylic acids is 1. The Labute approximate surface area is 333 Å². The van der Waals surface area contributed by atoms with E-state index in [-0.39, 0.29) is 55.1 Å². The average molecular weight is 847 g/mol. The minimum absolute atomic E-state index is 0.00888. The highest BCUT2D eigenvalue weighted by Gasteiger charge is 2.43. The fraction of sp³-hybridized carbons (Fsp3) is 0.538. The molecular weight excluding hydrogens is 803 g/mol. The first-order valence-corrected chi connectivity index (χ1v) is 19.1. The van der Waals surface area contributed by atoms with Gasteiger partial charge in [0.25, 0.3) is 0 Å². The number of likely N-dealkylation sites (tertiary alicyclic amines) is 1. The van der Waals surface area contributed by atoms with Gasteiger partial charge in [0, 0.05) is 38.6 Å². The summed E-state index contributed by atoms with van der Waals surface area (Å²) in [6, 6.07) is 1.86. The van der Waals surface area contributed by atoms with Crippen molar-refractivity contribution in [3.63, 3.8) is 0 Å². The van der Waals surface area contributed by atoms with Crippen LogP contribution in [0, 0.1) is 5.92 Å². The van der Waals surface area contributed by atoms with Gasteiger partial charge < -0.3 is 24.4 Å². The first kappa shape index (κ1) is 43.7. The van der Waals surface area contributed by atoms with Gasteiger partial charge in [0.2, 0.25) is 5.95 Å². The van der Waals surface area contributed by atoms with Gasteiger partial charge in [0.1, 0.15) is 6.61 Å². The van der Waals surface area contributed by atoms with E-state index in [9.17, 15) is 49.1 Å². The number of hydrogen-bond donors (Lipinski definition) is 1. The quantitative estimate of drug-likeness (QED) is 0.189. The molecule has 1 N–H and O–H groups in total. The van der Waals surface area contributed by atoms with Crippen molar-refractivity contribution in [2.24, 2.45) is 5.92 Å². The van der Waals surface area contributed by atoms with Gasteiger partial charge in [-0.25, -0.2) is 14.8 Å². The molecule has 3 aliphatic heterocycles. The van der Waals surface area contributed by atoms with Crippen LogP contribution in [0.15, 0.2) is 48.8 Å². The van der Waals surface area contributed by atoms with Gasteiger partial charge in [-0.05, 0) is 92.2 Å². The summed E-state index contributed by atoms with van der Waals surface area (Å²) < 4.78 is 138. The number of halogens is 9.